The van der Waals surface area contributed by atoms with Crippen LogP contribution in [0.1, 0.15) is 29.4 Å². The summed E-state index contributed by atoms with van der Waals surface area (Å²) in [4.78, 5) is 23.0. The molecule has 1 atom stereocenters. The van der Waals surface area contributed by atoms with Crippen LogP contribution in [0.3, 0.4) is 0 Å². The highest BCUT2D eigenvalue weighted by atomic mass is 16.2. The van der Waals surface area contributed by atoms with Crippen LogP contribution >= 0.6 is 0 Å². The van der Waals surface area contributed by atoms with Gasteiger partial charge in [-0.25, -0.2) is 14.8 Å². The number of amides is 2. The van der Waals surface area contributed by atoms with Gasteiger partial charge in [0.15, 0.2) is 0 Å². The van der Waals surface area contributed by atoms with Crippen LogP contribution in [-0.4, -0.2) is 32.0 Å². The van der Waals surface area contributed by atoms with E-state index in [1.54, 1.807) is 12.4 Å². The molecule has 4 rings (SSSR count). The Hall–Kier alpha value is -3.15. The summed E-state index contributed by atoms with van der Waals surface area (Å²) >= 11 is 0. The molecule has 2 amide bonds. The molecule has 6 nitrogen and oxygen atoms in total. The summed E-state index contributed by atoms with van der Waals surface area (Å²) in [6, 6.07) is 14.2. The van der Waals surface area contributed by atoms with Crippen molar-refractivity contribution in [3.8, 4) is 5.82 Å². The number of imidazole rings is 1. The smallest absolute Gasteiger partial charge is 0.318 e. The molecule has 0 bridgehead atoms. The molecule has 1 saturated heterocycles. The highest BCUT2D eigenvalue weighted by Crippen LogP contribution is 2.32. The zero-order valence-corrected chi connectivity index (χ0v) is 14.7. The monoisotopic (exact) mass is 347 g/mol. The number of pyridine rings is 1. The molecule has 1 aromatic carbocycles. The lowest BCUT2D eigenvalue weighted by molar-refractivity contribution is 0.115. The molecule has 0 spiro atoms. The Morgan fingerprint density at radius 2 is 2.04 bits per heavy atom. The number of benzene rings is 1. The number of likely N-dealkylation sites (tertiary alicyclic amines) is 1. The minimum atomic E-state index is -0.0257. The summed E-state index contributed by atoms with van der Waals surface area (Å²) in [6.07, 6.45) is 6.40. The molecule has 26 heavy (non-hydrogen) atoms. The second-order valence-electron chi connectivity index (χ2n) is 6.43. The average Bonchev–Trinajstić information content (AvgIpc) is 3.06. The minimum Gasteiger partial charge on any atom is -0.334 e. The van der Waals surface area contributed by atoms with Crippen molar-refractivity contribution >= 4 is 6.03 Å². The van der Waals surface area contributed by atoms with E-state index < -0.39 is 0 Å². The average molecular weight is 347 g/mol. The Labute approximate surface area is 152 Å². The van der Waals surface area contributed by atoms with Crippen LogP contribution < -0.4 is 5.32 Å². The van der Waals surface area contributed by atoms with Gasteiger partial charge >= 0.3 is 6.03 Å². The van der Waals surface area contributed by atoms with Crippen LogP contribution in [0.15, 0.2) is 61.1 Å². The van der Waals surface area contributed by atoms with Crippen LogP contribution in [0, 0.1) is 6.92 Å². The number of rotatable bonds is 4. The predicted molar refractivity (Wildman–Crippen MR) is 98.8 cm³/mol. The van der Waals surface area contributed by atoms with Crippen LogP contribution in [-0.2, 0) is 6.54 Å². The normalized spacial score (nSPS) is 16.2. The molecule has 6 heteroatoms. The van der Waals surface area contributed by atoms with Gasteiger partial charge in [0.1, 0.15) is 11.6 Å². The molecule has 1 aliphatic rings. The molecule has 0 radical (unpaired) electrons. The van der Waals surface area contributed by atoms with E-state index in [1.807, 2.05) is 52.9 Å². The molecule has 3 aromatic rings. The summed E-state index contributed by atoms with van der Waals surface area (Å²) in [5.41, 5.74) is 2.20. The van der Waals surface area contributed by atoms with E-state index in [1.165, 1.54) is 5.56 Å². The Morgan fingerprint density at radius 1 is 1.19 bits per heavy atom. The maximum atomic E-state index is 12.5. The fourth-order valence-corrected chi connectivity index (χ4v) is 3.25. The molecule has 2 aromatic heterocycles. The Morgan fingerprint density at radius 3 is 2.73 bits per heavy atom. The molecule has 3 heterocycles. The van der Waals surface area contributed by atoms with E-state index in [2.05, 4.69) is 27.4 Å². The molecule has 1 aliphatic heterocycles. The van der Waals surface area contributed by atoms with Gasteiger partial charge in [0.05, 0.1) is 6.04 Å². The zero-order valence-electron chi connectivity index (χ0n) is 14.7. The topological polar surface area (TPSA) is 63.1 Å². The van der Waals surface area contributed by atoms with Crippen LogP contribution in [0.25, 0.3) is 5.82 Å². The van der Waals surface area contributed by atoms with E-state index in [0.717, 1.165) is 30.2 Å². The second kappa shape index (κ2) is 7.00. The number of aryl methyl sites for hydroxylation is 1. The van der Waals surface area contributed by atoms with Crippen LogP contribution in [0.2, 0.25) is 0 Å². The number of hydrogen-bond donors (Lipinski definition) is 1. The fraction of sp³-hybridized carbons (Fsp3) is 0.250. The largest absolute Gasteiger partial charge is 0.334 e. The highest BCUT2D eigenvalue weighted by Gasteiger charge is 2.32. The van der Waals surface area contributed by atoms with E-state index in [0.29, 0.717) is 6.54 Å². The third-order valence-electron chi connectivity index (χ3n) is 4.79. The third kappa shape index (κ3) is 3.18. The number of carbonyl (C=O) groups excluding carboxylic acids is 1. The first kappa shape index (κ1) is 16.3. The molecule has 0 saturated carbocycles. The highest BCUT2D eigenvalue weighted by molar-refractivity contribution is 5.75. The molecule has 1 fully saturated rings. The molecular formula is C20H21N5O. The molecule has 0 unspecified atom stereocenters. The molecule has 1 N–H and O–H groups in total. The Balaban J connectivity index is 1.40. The van der Waals surface area contributed by atoms with Gasteiger partial charge < -0.3 is 10.2 Å². The van der Waals surface area contributed by atoms with Crippen LogP contribution in [0.5, 0.6) is 0 Å². The summed E-state index contributed by atoms with van der Waals surface area (Å²) in [5, 5.41) is 3.02. The van der Waals surface area contributed by atoms with E-state index in [-0.39, 0.29) is 12.1 Å². The van der Waals surface area contributed by atoms with Gasteiger partial charge in [-0.05, 0) is 36.6 Å². The molecular weight excluding hydrogens is 326 g/mol. The number of carbonyl (C=O) groups is 1. The van der Waals surface area contributed by atoms with E-state index in [4.69, 9.17) is 0 Å². The van der Waals surface area contributed by atoms with Gasteiger partial charge in [0.25, 0.3) is 0 Å². The predicted octanol–water partition coefficient (Wildman–Crippen LogP) is 3.23. The maximum Gasteiger partial charge on any atom is 0.318 e. The third-order valence-corrected chi connectivity index (χ3v) is 4.79. The lowest BCUT2D eigenvalue weighted by atomic mass is 9.95. The number of urea groups is 1. The second-order valence-corrected chi connectivity index (χ2v) is 6.43. The summed E-state index contributed by atoms with van der Waals surface area (Å²) in [6.45, 7) is 3.20. The number of aromatic nitrogens is 3. The van der Waals surface area contributed by atoms with E-state index >= 15 is 0 Å². The first-order valence-electron chi connectivity index (χ1n) is 8.77. The molecule has 0 aliphatic carbocycles. The van der Waals surface area contributed by atoms with Crippen molar-refractivity contribution in [2.75, 3.05) is 6.54 Å². The molecule has 132 valence electrons. The van der Waals surface area contributed by atoms with Crippen molar-refractivity contribution in [1.29, 1.82) is 0 Å². The first-order chi connectivity index (χ1) is 12.7. The van der Waals surface area contributed by atoms with Crippen molar-refractivity contribution in [2.24, 2.45) is 0 Å². The van der Waals surface area contributed by atoms with Gasteiger partial charge in [-0.1, -0.05) is 30.3 Å². The number of hydrogen-bond acceptors (Lipinski definition) is 3. The van der Waals surface area contributed by atoms with Gasteiger partial charge in [0.2, 0.25) is 0 Å². The number of nitrogens with zero attached hydrogens (tertiary/aromatic N) is 4. The lowest BCUT2D eigenvalue weighted by Crippen LogP contribution is -2.49. The zero-order chi connectivity index (χ0) is 17.9. The fourth-order valence-electron chi connectivity index (χ4n) is 3.25. The van der Waals surface area contributed by atoms with Crippen molar-refractivity contribution in [1.82, 2.24) is 24.8 Å². The lowest BCUT2D eigenvalue weighted by Gasteiger charge is -2.41. The first-order valence-corrected chi connectivity index (χ1v) is 8.77. The van der Waals surface area contributed by atoms with Crippen molar-refractivity contribution < 1.29 is 4.79 Å². The quantitative estimate of drug-likeness (QED) is 0.788. The maximum absolute atomic E-state index is 12.5. The standard InChI is InChI=1S/C20H21N5O/c1-15-21-10-12-24(15)19-13-16(7-9-22-19)14-23-20(26)25-11-8-18(25)17-5-3-2-4-6-17/h2-7,9-10,12-13,18H,8,11,14H2,1H3,(H,23,26)/t18-/m1/s1. The van der Waals surface area contributed by atoms with Gasteiger partial charge in [-0.2, -0.15) is 0 Å². The van der Waals surface area contributed by atoms with Gasteiger partial charge in [-0.15, -0.1) is 0 Å². The summed E-state index contributed by atoms with van der Waals surface area (Å²) in [5.74, 6) is 1.68. The summed E-state index contributed by atoms with van der Waals surface area (Å²) in [7, 11) is 0. The van der Waals surface area contributed by atoms with Crippen molar-refractivity contribution in [3.63, 3.8) is 0 Å². The van der Waals surface area contributed by atoms with Gasteiger partial charge in [0, 0.05) is 31.7 Å². The van der Waals surface area contributed by atoms with Crippen molar-refractivity contribution in [3.05, 3.63) is 78.0 Å². The minimum absolute atomic E-state index is 0.0257. The number of nitrogens with one attached hydrogen (secondary N) is 1. The Bertz CT molecular complexity index is 905. The van der Waals surface area contributed by atoms with Crippen molar-refractivity contribution in [2.45, 2.75) is 25.9 Å². The van der Waals surface area contributed by atoms with Crippen LogP contribution in [0.4, 0.5) is 4.79 Å². The van der Waals surface area contributed by atoms with Gasteiger partial charge in [-0.3, -0.25) is 4.57 Å². The van der Waals surface area contributed by atoms with E-state index in [9.17, 15) is 4.79 Å². The summed E-state index contributed by atoms with van der Waals surface area (Å²) < 4.78 is 1.92. The Kier molecular flexibility index (Phi) is 4.39. The SMILES string of the molecule is Cc1nccn1-c1cc(CNC(=O)N2CC[C@@H]2c2ccccc2)ccn1.